The average Bonchev–Trinajstić information content (AvgIpc) is 2.98. The monoisotopic (exact) mass is 642 g/mol. The molecule has 0 aliphatic carbocycles. The van der Waals surface area contributed by atoms with Crippen molar-refractivity contribution < 1.29 is 61.5 Å². The van der Waals surface area contributed by atoms with Crippen LogP contribution in [0.15, 0.2) is 41.6 Å². The normalized spacial score (nSPS) is 11.1. The Morgan fingerprint density at radius 1 is 0.705 bits per heavy atom. The zero-order valence-electron chi connectivity index (χ0n) is 23.6. The van der Waals surface area contributed by atoms with Crippen LogP contribution in [0.1, 0.15) is 16.2 Å². The number of hydrogen-bond acceptors (Lipinski definition) is 13. The lowest BCUT2D eigenvalue weighted by Gasteiger charge is -2.09. The van der Waals surface area contributed by atoms with Gasteiger partial charge >= 0.3 is 11.9 Å². The Bertz CT molecular complexity index is 1310. The smallest absolute Gasteiger partial charge is 0.341 e. The first-order valence-corrected chi connectivity index (χ1v) is 14.8. The van der Waals surface area contributed by atoms with Crippen molar-refractivity contribution in [3.8, 4) is 5.75 Å². The fraction of sp³-hybridized carbons (Fsp3) is 0.462. The van der Waals surface area contributed by atoms with Gasteiger partial charge in [0.2, 0.25) is 5.91 Å². The van der Waals surface area contributed by atoms with E-state index in [9.17, 15) is 27.6 Å². The van der Waals surface area contributed by atoms with Crippen LogP contribution in [0, 0.1) is 0 Å². The van der Waals surface area contributed by atoms with Gasteiger partial charge in [0.1, 0.15) is 30.5 Å². The first-order chi connectivity index (χ1) is 21.1. The van der Waals surface area contributed by atoms with Crippen LogP contribution in [0.25, 0.3) is 0 Å². The van der Waals surface area contributed by atoms with Gasteiger partial charge in [-0.2, -0.15) is 0 Å². The lowest BCUT2D eigenvalue weighted by Crippen LogP contribution is -2.31. The van der Waals surface area contributed by atoms with E-state index < -0.39 is 46.6 Å². The standard InChI is InChI=1S/C26H34N4O13S/c31-23(27-5-7-39-10-12-42-16-24(32)33)15-41-11-9-40-8-6-28-26(36)19-13-29-22(30-14-19)18-44(37,38)21-3-1-20(2-4-21)43-17-25(34)35/h1-4,13-14H,5-12,15-18H2,(H,27,31)(H,28,36)(H,32,33)(H,34,35). The summed E-state index contributed by atoms with van der Waals surface area (Å²) in [5.41, 5.74) is 0.123. The molecule has 0 atom stereocenters. The number of ether oxygens (including phenoxy) is 5. The van der Waals surface area contributed by atoms with Crippen LogP contribution in [0.5, 0.6) is 5.75 Å². The molecular formula is C26H34N4O13S. The topological polar surface area (TPSA) is 239 Å². The number of hydrogen-bond donors (Lipinski definition) is 4. The van der Waals surface area contributed by atoms with E-state index in [-0.39, 0.29) is 87.3 Å². The molecule has 0 aliphatic heterocycles. The molecule has 0 unspecified atom stereocenters. The minimum Gasteiger partial charge on any atom is -0.482 e. The van der Waals surface area contributed by atoms with E-state index in [0.717, 1.165) is 0 Å². The minimum absolute atomic E-state index is 0.0156. The van der Waals surface area contributed by atoms with Gasteiger partial charge in [-0.3, -0.25) is 9.59 Å². The molecule has 0 spiro atoms. The molecule has 0 saturated heterocycles. The first-order valence-electron chi connectivity index (χ1n) is 13.1. The molecule has 2 amide bonds. The number of nitrogens with one attached hydrogen (secondary N) is 2. The number of carboxylic acid groups (broad SMARTS) is 2. The highest BCUT2D eigenvalue weighted by molar-refractivity contribution is 7.90. The molecule has 2 aromatic rings. The molecule has 17 nitrogen and oxygen atoms in total. The van der Waals surface area contributed by atoms with Gasteiger partial charge in [0.05, 0.1) is 50.1 Å². The molecule has 1 aromatic heterocycles. The van der Waals surface area contributed by atoms with Crippen LogP contribution in [0.2, 0.25) is 0 Å². The maximum Gasteiger partial charge on any atom is 0.341 e. The average molecular weight is 643 g/mol. The zero-order valence-corrected chi connectivity index (χ0v) is 24.5. The molecule has 0 bridgehead atoms. The van der Waals surface area contributed by atoms with Gasteiger partial charge in [-0.15, -0.1) is 0 Å². The number of nitrogens with zero attached hydrogens (tertiary/aromatic N) is 2. The number of carbonyl (C=O) groups excluding carboxylic acids is 2. The van der Waals surface area contributed by atoms with Crippen LogP contribution >= 0.6 is 0 Å². The van der Waals surface area contributed by atoms with E-state index in [1.54, 1.807) is 0 Å². The summed E-state index contributed by atoms with van der Waals surface area (Å²) in [6.45, 7) is 0.402. The summed E-state index contributed by atoms with van der Waals surface area (Å²) >= 11 is 0. The lowest BCUT2D eigenvalue weighted by atomic mass is 10.3. The summed E-state index contributed by atoms with van der Waals surface area (Å²) in [6, 6.07) is 5.25. The highest BCUT2D eigenvalue weighted by Crippen LogP contribution is 2.19. The third-order valence-corrected chi connectivity index (χ3v) is 6.76. The van der Waals surface area contributed by atoms with Crippen molar-refractivity contribution in [3.05, 3.63) is 48.0 Å². The Kier molecular flexibility index (Phi) is 16.2. The van der Waals surface area contributed by atoms with Crippen molar-refractivity contribution in [2.75, 3.05) is 72.6 Å². The number of aromatic nitrogens is 2. The van der Waals surface area contributed by atoms with Gasteiger partial charge in [0.15, 0.2) is 16.4 Å². The predicted octanol–water partition coefficient (Wildman–Crippen LogP) is -1.09. The molecule has 44 heavy (non-hydrogen) atoms. The van der Waals surface area contributed by atoms with E-state index in [0.29, 0.717) is 0 Å². The van der Waals surface area contributed by atoms with Crippen molar-refractivity contribution in [3.63, 3.8) is 0 Å². The van der Waals surface area contributed by atoms with Crippen LogP contribution in [-0.2, 0) is 48.9 Å². The quantitative estimate of drug-likeness (QED) is 0.105. The number of aliphatic carboxylic acids is 2. The number of sulfone groups is 1. The zero-order chi connectivity index (χ0) is 32.2. The van der Waals surface area contributed by atoms with Crippen molar-refractivity contribution in [1.82, 2.24) is 20.6 Å². The van der Waals surface area contributed by atoms with E-state index in [1.165, 1.54) is 36.7 Å². The molecular weight excluding hydrogens is 608 g/mol. The van der Waals surface area contributed by atoms with Crippen molar-refractivity contribution >= 4 is 33.6 Å². The fourth-order valence-electron chi connectivity index (χ4n) is 3.10. The molecule has 1 heterocycles. The summed E-state index contributed by atoms with van der Waals surface area (Å²) in [4.78, 5) is 52.7. The van der Waals surface area contributed by atoms with Gasteiger partial charge in [0, 0.05) is 25.5 Å². The van der Waals surface area contributed by atoms with E-state index in [1.807, 2.05) is 0 Å². The highest BCUT2D eigenvalue weighted by Gasteiger charge is 2.18. The van der Waals surface area contributed by atoms with Crippen molar-refractivity contribution in [2.24, 2.45) is 0 Å². The molecule has 1 aromatic carbocycles. The van der Waals surface area contributed by atoms with Crippen LogP contribution in [0.3, 0.4) is 0 Å². The molecule has 2 rings (SSSR count). The number of amides is 2. The van der Waals surface area contributed by atoms with E-state index in [2.05, 4.69) is 20.6 Å². The molecule has 4 N–H and O–H groups in total. The number of carbonyl (C=O) groups is 4. The summed E-state index contributed by atoms with van der Waals surface area (Å²) < 4.78 is 50.8. The summed E-state index contributed by atoms with van der Waals surface area (Å²) in [7, 11) is -3.81. The van der Waals surface area contributed by atoms with Gasteiger partial charge in [-0.1, -0.05) is 0 Å². The molecule has 242 valence electrons. The van der Waals surface area contributed by atoms with E-state index >= 15 is 0 Å². The second kappa shape index (κ2) is 19.9. The Morgan fingerprint density at radius 2 is 1.25 bits per heavy atom. The Hall–Kier alpha value is -4.23. The second-order valence-electron chi connectivity index (χ2n) is 8.63. The maximum atomic E-state index is 12.6. The third-order valence-electron chi connectivity index (χ3n) is 5.14. The summed E-state index contributed by atoms with van der Waals surface area (Å²) in [5.74, 6) is -3.36. The lowest BCUT2D eigenvalue weighted by molar-refractivity contribution is -0.143. The Morgan fingerprint density at radius 3 is 1.84 bits per heavy atom. The van der Waals surface area contributed by atoms with Crippen LogP contribution in [0.4, 0.5) is 0 Å². The highest BCUT2D eigenvalue weighted by atomic mass is 32.2. The third kappa shape index (κ3) is 15.3. The molecule has 18 heteroatoms. The first kappa shape index (κ1) is 36.0. The largest absolute Gasteiger partial charge is 0.482 e. The van der Waals surface area contributed by atoms with Gasteiger partial charge < -0.3 is 44.5 Å². The Balaban J connectivity index is 1.55. The van der Waals surface area contributed by atoms with Gasteiger partial charge in [0.25, 0.3) is 5.91 Å². The molecule has 0 saturated carbocycles. The SMILES string of the molecule is O=C(O)COCCOCCNC(=O)COCCOCCNC(=O)c1cnc(CS(=O)(=O)c2ccc(OCC(=O)O)cc2)nc1. The van der Waals surface area contributed by atoms with E-state index in [4.69, 9.17) is 33.9 Å². The molecule has 0 fully saturated rings. The van der Waals surface area contributed by atoms with Gasteiger partial charge in [-0.25, -0.2) is 28.0 Å². The predicted molar refractivity (Wildman–Crippen MR) is 149 cm³/mol. The van der Waals surface area contributed by atoms with Crippen molar-refractivity contribution in [2.45, 2.75) is 10.6 Å². The maximum absolute atomic E-state index is 12.6. The Labute approximate surface area is 252 Å². The second-order valence-corrected chi connectivity index (χ2v) is 10.6. The minimum atomic E-state index is -3.81. The summed E-state index contributed by atoms with van der Waals surface area (Å²) in [5, 5.41) is 22.3. The van der Waals surface area contributed by atoms with Gasteiger partial charge in [-0.05, 0) is 24.3 Å². The van der Waals surface area contributed by atoms with Crippen LogP contribution in [-0.4, -0.2) is 125 Å². The van der Waals surface area contributed by atoms with Crippen molar-refractivity contribution in [1.29, 1.82) is 0 Å². The number of carboxylic acids is 2. The summed E-state index contributed by atoms with van der Waals surface area (Å²) in [6.07, 6.45) is 2.41. The number of rotatable bonds is 23. The number of benzene rings is 1. The molecule has 0 radical (unpaired) electrons. The molecule has 0 aliphatic rings. The van der Waals surface area contributed by atoms with Crippen LogP contribution < -0.4 is 15.4 Å². The fourth-order valence-corrected chi connectivity index (χ4v) is 4.31.